The summed E-state index contributed by atoms with van der Waals surface area (Å²) >= 11 is 1.37. The molecule has 4 N–H and O–H groups in total. The number of nitrogens with zero attached hydrogens (tertiary/aromatic N) is 3. The van der Waals surface area contributed by atoms with E-state index in [2.05, 4.69) is 25.0 Å². The molecule has 0 aliphatic carbocycles. The monoisotopic (exact) mass is 452 g/mol. The number of thiazole rings is 1. The van der Waals surface area contributed by atoms with Crippen LogP contribution in [0.3, 0.4) is 0 Å². The lowest BCUT2D eigenvalue weighted by molar-refractivity contribution is 0.581. The smallest absolute Gasteiger partial charge is 0.240 e. The minimum atomic E-state index is -3.62. The predicted octanol–water partition coefficient (Wildman–Crippen LogP) is 3.71. The van der Waals surface area contributed by atoms with Crippen LogP contribution in [0.4, 0.5) is 16.8 Å². The second-order valence-electron chi connectivity index (χ2n) is 6.69. The molecule has 2 aromatic carbocycles. The summed E-state index contributed by atoms with van der Waals surface area (Å²) in [4.78, 5) is 14.0. The van der Waals surface area contributed by atoms with Crippen LogP contribution < -0.4 is 15.8 Å². The van der Waals surface area contributed by atoms with E-state index in [1.54, 1.807) is 24.4 Å². The topological polar surface area (TPSA) is 123 Å². The fourth-order valence-electron chi connectivity index (χ4n) is 2.90. The van der Waals surface area contributed by atoms with Crippen LogP contribution in [0.25, 0.3) is 10.6 Å². The van der Waals surface area contributed by atoms with Crippen molar-refractivity contribution >= 4 is 38.1 Å². The van der Waals surface area contributed by atoms with Crippen molar-refractivity contribution < 1.29 is 8.42 Å². The normalized spacial score (nSPS) is 11.4. The standard InChI is InChI=1S/C21H20N6O2S2/c1-14-19(30-20(22)25-14)18-11-12-23-21(27-18)26-16-7-9-17(10-8-16)31(28,29)24-13-15-5-3-2-4-6-15/h2-12,24H,13H2,1H3,(H2,22,25)(H,23,26,27). The van der Waals surface area contributed by atoms with Crippen LogP contribution in [0.15, 0.2) is 71.8 Å². The minimum absolute atomic E-state index is 0.180. The quantitative estimate of drug-likeness (QED) is 0.390. The Labute approximate surface area is 184 Å². The van der Waals surface area contributed by atoms with E-state index in [-0.39, 0.29) is 11.4 Å². The number of hydrogen-bond donors (Lipinski definition) is 3. The third kappa shape index (κ3) is 5.05. The second kappa shape index (κ2) is 8.80. The number of nitrogens with one attached hydrogen (secondary N) is 2. The Morgan fingerprint density at radius 2 is 1.74 bits per heavy atom. The van der Waals surface area contributed by atoms with Crippen LogP contribution in [0.5, 0.6) is 0 Å². The average Bonchev–Trinajstić information content (AvgIpc) is 3.12. The number of nitrogens with two attached hydrogens (primary N) is 1. The number of anilines is 3. The van der Waals surface area contributed by atoms with Gasteiger partial charge in [0.25, 0.3) is 0 Å². The number of rotatable bonds is 7. The molecule has 31 heavy (non-hydrogen) atoms. The van der Waals surface area contributed by atoms with Gasteiger partial charge in [-0.05, 0) is 42.8 Å². The van der Waals surface area contributed by atoms with Crippen LogP contribution in [-0.2, 0) is 16.6 Å². The Morgan fingerprint density at radius 1 is 1.00 bits per heavy atom. The zero-order valence-corrected chi connectivity index (χ0v) is 18.2. The van der Waals surface area contributed by atoms with Crippen molar-refractivity contribution in [2.24, 2.45) is 0 Å². The molecule has 0 fully saturated rings. The number of aromatic nitrogens is 3. The number of nitrogen functional groups attached to an aromatic ring is 1. The molecule has 10 heteroatoms. The van der Waals surface area contributed by atoms with Crippen molar-refractivity contribution in [3.05, 3.63) is 78.1 Å². The summed E-state index contributed by atoms with van der Waals surface area (Å²) in [5.41, 5.74) is 8.86. The highest BCUT2D eigenvalue weighted by Crippen LogP contribution is 2.30. The van der Waals surface area contributed by atoms with E-state index in [0.717, 1.165) is 16.1 Å². The SMILES string of the molecule is Cc1nc(N)sc1-c1ccnc(Nc2ccc(S(=O)(=O)NCc3ccccc3)cc2)n1. The highest BCUT2D eigenvalue weighted by atomic mass is 32.2. The average molecular weight is 453 g/mol. The molecule has 0 aliphatic rings. The van der Waals surface area contributed by atoms with Crippen LogP contribution in [0.2, 0.25) is 0 Å². The molecule has 0 saturated carbocycles. The Kier molecular flexibility index (Phi) is 5.94. The first-order valence-corrected chi connectivity index (χ1v) is 11.7. The molecule has 2 aromatic heterocycles. The summed E-state index contributed by atoms with van der Waals surface area (Å²) in [7, 11) is -3.62. The van der Waals surface area contributed by atoms with Crippen molar-refractivity contribution in [3.8, 4) is 10.6 Å². The fraction of sp³-hybridized carbons (Fsp3) is 0.0952. The van der Waals surface area contributed by atoms with Gasteiger partial charge in [-0.1, -0.05) is 41.7 Å². The summed E-state index contributed by atoms with van der Waals surface area (Å²) in [6.45, 7) is 2.10. The predicted molar refractivity (Wildman–Crippen MR) is 122 cm³/mol. The molecular formula is C21H20N6O2S2. The fourth-order valence-corrected chi connectivity index (χ4v) is 4.73. The van der Waals surface area contributed by atoms with Gasteiger partial charge in [-0.25, -0.2) is 28.1 Å². The number of sulfonamides is 1. The molecule has 0 atom stereocenters. The summed E-state index contributed by atoms with van der Waals surface area (Å²) in [6, 6.07) is 17.6. The van der Waals surface area contributed by atoms with E-state index in [1.165, 1.54) is 23.5 Å². The Bertz CT molecular complexity index is 1290. The van der Waals surface area contributed by atoms with E-state index in [0.29, 0.717) is 22.5 Å². The minimum Gasteiger partial charge on any atom is -0.375 e. The van der Waals surface area contributed by atoms with Crippen LogP contribution in [0.1, 0.15) is 11.3 Å². The molecule has 0 unspecified atom stereocenters. The van der Waals surface area contributed by atoms with Crippen molar-refractivity contribution in [1.82, 2.24) is 19.7 Å². The first kappa shape index (κ1) is 20.9. The van der Waals surface area contributed by atoms with Crippen LogP contribution in [0, 0.1) is 6.92 Å². The third-order valence-corrected chi connectivity index (χ3v) is 6.86. The van der Waals surface area contributed by atoms with E-state index in [9.17, 15) is 8.42 Å². The maximum Gasteiger partial charge on any atom is 0.240 e. The van der Waals surface area contributed by atoms with E-state index in [1.807, 2.05) is 37.3 Å². The summed E-state index contributed by atoms with van der Waals surface area (Å²) in [5.74, 6) is 0.390. The van der Waals surface area contributed by atoms with Gasteiger partial charge in [0.15, 0.2) is 5.13 Å². The van der Waals surface area contributed by atoms with Crippen LogP contribution >= 0.6 is 11.3 Å². The third-order valence-electron chi connectivity index (χ3n) is 4.43. The van der Waals surface area contributed by atoms with Gasteiger partial charge >= 0.3 is 0 Å². The highest BCUT2D eigenvalue weighted by Gasteiger charge is 2.14. The molecule has 2 heterocycles. The van der Waals surface area contributed by atoms with Gasteiger partial charge in [-0.3, -0.25) is 0 Å². The maximum absolute atomic E-state index is 12.5. The lowest BCUT2D eigenvalue weighted by atomic mass is 10.2. The van der Waals surface area contributed by atoms with E-state index >= 15 is 0 Å². The van der Waals surface area contributed by atoms with E-state index in [4.69, 9.17) is 5.73 Å². The second-order valence-corrected chi connectivity index (χ2v) is 9.49. The first-order chi connectivity index (χ1) is 14.9. The van der Waals surface area contributed by atoms with Crippen molar-refractivity contribution in [2.75, 3.05) is 11.1 Å². The summed E-state index contributed by atoms with van der Waals surface area (Å²) < 4.78 is 27.7. The molecule has 8 nitrogen and oxygen atoms in total. The molecule has 0 amide bonds. The lowest BCUT2D eigenvalue weighted by Crippen LogP contribution is -2.23. The number of aryl methyl sites for hydroxylation is 1. The van der Waals surface area contributed by atoms with E-state index < -0.39 is 10.0 Å². The van der Waals surface area contributed by atoms with Gasteiger partial charge in [0, 0.05) is 18.4 Å². The van der Waals surface area contributed by atoms with Gasteiger partial charge in [0.2, 0.25) is 16.0 Å². The van der Waals surface area contributed by atoms with Gasteiger partial charge in [0.05, 0.1) is 21.2 Å². The summed E-state index contributed by atoms with van der Waals surface area (Å²) in [5, 5.41) is 3.58. The van der Waals surface area contributed by atoms with Crippen molar-refractivity contribution in [2.45, 2.75) is 18.4 Å². The van der Waals surface area contributed by atoms with Gasteiger partial charge in [-0.2, -0.15) is 0 Å². The first-order valence-electron chi connectivity index (χ1n) is 9.38. The summed E-state index contributed by atoms with van der Waals surface area (Å²) in [6.07, 6.45) is 1.65. The Hall–Kier alpha value is -3.34. The molecule has 0 aliphatic heterocycles. The Balaban J connectivity index is 1.46. The molecule has 0 spiro atoms. The lowest BCUT2D eigenvalue weighted by Gasteiger charge is -2.09. The molecule has 158 valence electrons. The van der Waals surface area contributed by atoms with Gasteiger partial charge < -0.3 is 11.1 Å². The molecule has 4 rings (SSSR count). The molecular weight excluding hydrogens is 432 g/mol. The maximum atomic E-state index is 12.5. The van der Waals surface area contributed by atoms with Crippen molar-refractivity contribution in [1.29, 1.82) is 0 Å². The number of hydrogen-bond acceptors (Lipinski definition) is 8. The van der Waals surface area contributed by atoms with Gasteiger partial charge in [0.1, 0.15) is 0 Å². The number of benzene rings is 2. The highest BCUT2D eigenvalue weighted by molar-refractivity contribution is 7.89. The van der Waals surface area contributed by atoms with Gasteiger partial charge in [-0.15, -0.1) is 0 Å². The molecule has 4 aromatic rings. The van der Waals surface area contributed by atoms with Crippen LogP contribution in [-0.4, -0.2) is 23.4 Å². The zero-order chi connectivity index (χ0) is 21.8. The zero-order valence-electron chi connectivity index (χ0n) is 16.6. The molecule has 0 saturated heterocycles. The van der Waals surface area contributed by atoms with Crippen molar-refractivity contribution in [3.63, 3.8) is 0 Å². The molecule has 0 bridgehead atoms. The largest absolute Gasteiger partial charge is 0.375 e. The Morgan fingerprint density at radius 3 is 2.42 bits per heavy atom. The molecule has 0 radical (unpaired) electrons.